The van der Waals surface area contributed by atoms with Gasteiger partial charge in [-0.15, -0.1) is 0 Å². The number of methoxy groups -OCH3 is 1. The number of carbonyl (C=O) groups excluding carboxylic acids is 1. The second-order valence-electron chi connectivity index (χ2n) is 4.67. The first-order valence-corrected chi connectivity index (χ1v) is 6.97. The Balaban J connectivity index is 2.56. The van der Waals surface area contributed by atoms with Gasteiger partial charge in [-0.3, -0.25) is 4.79 Å². The lowest BCUT2D eigenvalue weighted by molar-refractivity contribution is -0.140. The molecule has 0 aromatic heterocycles. The van der Waals surface area contributed by atoms with Gasteiger partial charge >= 0.3 is 5.97 Å². The molecular formula is C14H19BrFNO2. The predicted molar refractivity (Wildman–Crippen MR) is 77.8 cm³/mol. The summed E-state index contributed by atoms with van der Waals surface area (Å²) in [6.45, 7) is 2.72. The number of hydrogen-bond acceptors (Lipinski definition) is 3. The first kappa shape index (κ1) is 16.0. The number of hydrogen-bond donors (Lipinski definition) is 0. The van der Waals surface area contributed by atoms with Crippen molar-refractivity contribution in [3.8, 4) is 0 Å². The minimum absolute atomic E-state index is 0.205. The summed E-state index contributed by atoms with van der Waals surface area (Å²) in [6.07, 6.45) is 1.12. The topological polar surface area (TPSA) is 29.5 Å². The molecule has 19 heavy (non-hydrogen) atoms. The molecule has 1 aromatic rings. The van der Waals surface area contributed by atoms with Crippen LogP contribution in [0.15, 0.2) is 22.7 Å². The van der Waals surface area contributed by atoms with Crippen LogP contribution in [0.25, 0.3) is 0 Å². The number of halogens is 2. The van der Waals surface area contributed by atoms with E-state index in [0.717, 1.165) is 6.42 Å². The molecule has 0 fully saturated rings. The molecule has 0 unspecified atom stereocenters. The van der Waals surface area contributed by atoms with Crippen LogP contribution in [0, 0.1) is 11.7 Å². The molecule has 5 heteroatoms. The van der Waals surface area contributed by atoms with E-state index in [2.05, 4.69) is 20.7 Å². The number of anilines is 1. The standard InChI is InChI=1S/C14H19BrFNO2/c1-10(7-8-13(18)19-3)9-17(2)12-6-4-5-11(15)14(12)16/h4-6,10H,7-9H2,1-3H3/t10-/m0/s1. The summed E-state index contributed by atoms with van der Waals surface area (Å²) in [5, 5.41) is 0. The summed E-state index contributed by atoms with van der Waals surface area (Å²) >= 11 is 3.18. The molecule has 3 nitrogen and oxygen atoms in total. The van der Waals surface area contributed by atoms with E-state index in [4.69, 9.17) is 0 Å². The van der Waals surface area contributed by atoms with Crippen molar-refractivity contribution in [3.05, 3.63) is 28.5 Å². The fraction of sp³-hybridized carbons (Fsp3) is 0.500. The van der Waals surface area contributed by atoms with E-state index in [1.807, 2.05) is 18.9 Å². The lowest BCUT2D eigenvalue weighted by atomic mass is 10.0. The van der Waals surface area contributed by atoms with Crippen molar-refractivity contribution in [1.82, 2.24) is 0 Å². The Morgan fingerprint density at radius 1 is 1.53 bits per heavy atom. The summed E-state index contributed by atoms with van der Waals surface area (Å²) < 4.78 is 19.0. The van der Waals surface area contributed by atoms with Gasteiger partial charge in [0.25, 0.3) is 0 Å². The minimum Gasteiger partial charge on any atom is -0.469 e. The summed E-state index contributed by atoms with van der Waals surface area (Å²) in [7, 11) is 3.23. The Bertz CT molecular complexity index is 439. The zero-order chi connectivity index (χ0) is 14.4. The molecule has 0 saturated carbocycles. The molecular weight excluding hydrogens is 313 g/mol. The lowest BCUT2D eigenvalue weighted by Gasteiger charge is -2.24. The number of esters is 1. The third kappa shape index (κ3) is 4.82. The van der Waals surface area contributed by atoms with Crippen LogP contribution < -0.4 is 4.90 Å². The van der Waals surface area contributed by atoms with Gasteiger partial charge in [0.15, 0.2) is 5.82 Å². The molecule has 1 atom stereocenters. The zero-order valence-electron chi connectivity index (χ0n) is 11.5. The van der Waals surface area contributed by atoms with Crippen LogP contribution >= 0.6 is 15.9 Å². The number of nitrogens with zero attached hydrogens (tertiary/aromatic N) is 1. The van der Waals surface area contributed by atoms with E-state index in [9.17, 15) is 9.18 Å². The van der Waals surface area contributed by atoms with Crippen LogP contribution in [0.3, 0.4) is 0 Å². The second kappa shape index (κ2) is 7.48. The van der Waals surface area contributed by atoms with Crippen LogP contribution in [0.5, 0.6) is 0 Å². The summed E-state index contributed by atoms with van der Waals surface area (Å²) in [5.41, 5.74) is 0.555. The van der Waals surface area contributed by atoms with Crippen molar-refractivity contribution in [3.63, 3.8) is 0 Å². The van der Waals surface area contributed by atoms with E-state index in [-0.39, 0.29) is 17.7 Å². The highest BCUT2D eigenvalue weighted by atomic mass is 79.9. The predicted octanol–water partition coefficient (Wildman–Crippen LogP) is 3.61. The molecule has 0 radical (unpaired) electrons. The van der Waals surface area contributed by atoms with Gasteiger partial charge in [0.2, 0.25) is 0 Å². The molecule has 0 aliphatic rings. The van der Waals surface area contributed by atoms with Gasteiger partial charge < -0.3 is 9.64 Å². The molecule has 0 aliphatic carbocycles. The van der Waals surface area contributed by atoms with Gasteiger partial charge in [-0.25, -0.2) is 4.39 Å². The van der Waals surface area contributed by atoms with Gasteiger partial charge in [0, 0.05) is 20.0 Å². The fourth-order valence-electron chi connectivity index (χ4n) is 1.91. The molecule has 1 aromatic carbocycles. The molecule has 0 bridgehead atoms. The highest BCUT2D eigenvalue weighted by Crippen LogP contribution is 2.26. The Labute approximate surface area is 121 Å². The minimum atomic E-state index is -0.259. The third-order valence-corrected chi connectivity index (χ3v) is 3.61. The summed E-state index contributed by atoms with van der Waals surface area (Å²) in [4.78, 5) is 12.9. The van der Waals surface area contributed by atoms with Crippen molar-refractivity contribution < 1.29 is 13.9 Å². The monoisotopic (exact) mass is 331 g/mol. The zero-order valence-corrected chi connectivity index (χ0v) is 13.0. The average molecular weight is 332 g/mol. The molecule has 0 saturated heterocycles. The van der Waals surface area contributed by atoms with E-state index >= 15 is 0 Å². The quantitative estimate of drug-likeness (QED) is 0.746. The van der Waals surface area contributed by atoms with Crippen molar-refractivity contribution in [2.75, 3.05) is 25.6 Å². The Kier molecular flexibility index (Phi) is 6.28. The van der Waals surface area contributed by atoms with Crippen molar-refractivity contribution in [1.29, 1.82) is 0 Å². The van der Waals surface area contributed by atoms with Gasteiger partial charge in [0.1, 0.15) is 0 Å². The SMILES string of the molecule is COC(=O)CC[C@H](C)CN(C)c1cccc(Br)c1F. The van der Waals surface area contributed by atoms with E-state index in [0.29, 0.717) is 23.1 Å². The van der Waals surface area contributed by atoms with E-state index in [1.54, 1.807) is 18.2 Å². The smallest absolute Gasteiger partial charge is 0.305 e. The molecule has 0 aliphatic heterocycles. The Morgan fingerprint density at radius 3 is 2.84 bits per heavy atom. The maximum absolute atomic E-state index is 13.9. The van der Waals surface area contributed by atoms with Crippen LogP contribution in [-0.4, -0.2) is 26.7 Å². The number of benzene rings is 1. The van der Waals surface area contributed by atoms with Crippen LogP contribution in [0.2, 0.25) is 0 Å². The Hall–Kier alpha value is -1.10. The highest BCUT2D eigenvalue weighted by molar-refractivity contribution is 9.10. The van der Waals surface area contributed by atoms with Gasteiger partial charge in [-0.2, -0.15) is 0 Å². The largest absolute Gasteiger partial charge is 0.469 e. The van der Waals surface area contributed by atoms with Gasteiger partial charge in [-0.1, -0.05) is 13.0 Å². The average Bonchev–Trinajstić information content (AvgIpc) is 2.38. The maximum atomic E-state index is 13.9. The second-order valence-corrected chi connectivity index (χ2v) is 5.53. The van der Waals surface area contributed by atoms with Crippen molar-refractivity contribution in [2.45, 2.75) is 19.8 Å². The van der Waals surface area contributed by atoms with Crippen LogP contribution in [0.1, 0.15) is 19.8 Å². The maximum Gasteiger partial charge on any atom is 0.305 e. The van der Waals surface area contributed by atoms with Gasteiger partial charge in [-0.05, 0) is 40.4 Å². The fourth-order valence-corrected chi connectivity index (χ4v) is 2.27. The highest BCUT2D eigenvalue weighted by Gasteiger charge is 2.14. The van der Waals surface area contributed by atoms with Crippen LogP contribution in [-0.2, 0) is 9.53 Å². The first-order chi connectivity index (χ1) is 8.95. The van der Waals surface area contributed by atoms with Gasteiger partial charge in [0.05, 0.1) is 17.3 Å². The number of rotatable bonds is 6. The van der Waals surface area contributed by atoms with Crippen molar-refractivity contribution >= 4 is 27.6 Å². The number of carbonyl (C=O) groups is 1. The third-order valence-electron chi connectivity index (χ3n) is 3.00. The van der Waals surface area contributed by atoms with Crippen LogP contribution in [0.4, 0.5) is 10.1 Å². The summed E-state index contributed by atoms with van der Waals surface area (Å²) in [5.74, 6) is -0.184. The molecule has 0 amide bonds. The Morgan fingerprint density at radius 2 is 2.21 bits per heavy atom. The summed E-state index contributed by atoms with van der Waals surface area (Å²) in [6, 6.07) is 5.22. The number of ether oxygens (including phenoxy) is 1. The molecule has 0 N–H and O–H groups in total. The first-order valence-electron chi connectivity index (χ1n) is 6.17. The molecule has 0 heterocycles. The van der Waals surface area contributed by atoms with E-state index < -0.39 is 0 Å². The van der Waals surface area contributed by atoms with Crippen molar-refractivity contribution in [2.24, 2.45) is 5.92 Å². The lowest BCUT2D eigenvalue weighted by Crippen LogP contribution is -2.25. The molecule has 0 spiro atoms. The molecule has 106 valence electrons. The van der Waals surface area contributed by atoms with E-state index in [1.165, 1.54) is 7.11 Å². The molecule has 1 rings (SSSR count). The normalized spacial score (nSPS) is 12.1.